The summed E-state index contributed by atoms with van der Waals surface area (Å²) >= 11 is 0. The predicted molar refractivity (Wildman–Crippen MR) is 102 cm³/mol. The molecule has 0 aliphatic carbocycles. The maximum Gasteiger partial charge on any atom is 0.243 e. The average Bonchev–Trinajstić information content (AvgIpc) is 2.67. The molecule has 3 rings (SSSR count). The number of piperazine rings is 1. The van der Waals surface area contributed by atoms with Gasteiger partial charge in [-0.05, 0) is 42.8 Å². The summed E-state index contributed by atoms with van der Waals surface area (Å²) in [4.78, 5) is 2.26. The van der Waals surface area contributed by atoms with Crippen molar-refractivity contribution in [1.29, 1.82) is 0 Å². The number of anilines is 1. The molecule has 0 unspecified atom stereocenters. The van der Waals surface area contributed by atoms with Gasteiger partial charge in [-0.15, -0.1) is 0 Å². The van der Waals surface area contributed by atoms with Crippen molar-refractivity contribution in [2.45, 2.75) is 11.8 Å². The fraction of sp³-hybridized carbons (Fsp3) is 0.368. The monoisotopic (exact) mass is 394 g/mol. The zero-order chi connectivity index (χ0) is 19.6. The van der Waals surface area contributed by atoms with E-state index in [1.54, 1.807) is 21.1 Å². The number of ether oxygens (including phenoxy) is 2. The summed E-state index contributed by atoms with van der Waals surface area (Å²) in [6.45, 7) is 3.42. The molecule has 0 N–H and O–H groups in total. The van der Waals surface area contributed by atoms with Crippen LogP contribution in [-0.4, -0.2) is 53.1 Å². The lowest BCUT2D eigenvalue weighted by atomic mass is 10.2. The summed E-state index contributed by atoms with van der Waals surface area (Å²) in [5.41, 5.74) is 1.36. The van der Waals surface area contributed by atoms with Crippen LogP contribution >= 0.6 is 0 Å². The highest BCUT2D eigenvalue weighted by Crippen LogP contribution is 2.32. The van der Waals surface area contributed by atoms with E-state index in [1.807, 2.05) is 18.2 Å². The van der Waals surface area contributed by atoms with Crippen molar-refractivity contribution >= 4 is 15.7 Å². The Morgan fingerprint density at radius 1 is 0.926 bits per heavy atom. The number of rotatable bonds is 5. The van der Waals surface area contributed by atoms with E-state index in [-0.39, 0.29) is 4.90 Å². The zero-order valence-electron chi connectivity index (χ0n) is 15.6. The van der Waals surface area contributed by atoms with Crippen LogP contribution in [0.25, 0.3) is 0 Å². The molecular formula is C19H23FN2O4S. The van der Waals surface area contributed by atoms with Crippen molar-refractivity contribution in [2.75, 3.05) is 45.3 Å². The number of halogens is 1. The molecule has 0 aromatic heterocycles. The zero-order valence-corrected chi connectivity index (χ0v) is 16.4. The molecule has 27 heavy (non-hydrogen) atoms. The summed E-state index contributed by atoms with van der Waals surface area (Å²) in [6, 6.07) is 9.40. The van der Waals surface area contributed by atoms with Crippen molar-refractivity contribution in [3.05, 3.63) is 47.8 Å². The average molecular weight is 394 g/mol. The van der Waals surface area contributed by atoms with E-state index in [1.165, 1.54) is 22.5 Å². The summed E-state index contributed by atoms with van der Waals surface area (Å²) in [5.74, 6) is 0.839. The molecule has 2 aromatic rings. The molecule has 0 atom stereocenters. The SMILES string of the molecule is COc1ccc(N2CCN(S(=O)(=O)c3ccc(F)cc3C)CC2)cc1OC. The Bertz CT molecular complexity index is 925. The molecule has 0 saturated carbocycles. The van der Waals surface area contributed by atoms with Crippen molar-refractivity contribution < 1.29 is 22.3 Å². The lowest BCUT2D eigenvalue weighted by Crippen LogP contribution is -2.48. The Labute approximate surface area is 159 Å². The fourth-order valence-electron chi connectivity index (χ4n) is 3.25. The number of sulfonamides is 1. The van der Waals surface area contributed by atoms with E-state index in [2.05, 4.69) is 4.90 Å². The second kappa shape index (κ2) is 7.74. The molecule has 0 radical (unpaired) electrons. The largest absolute Gasteiger partial charge is 0.493 e. The second-order valence-electron chi connectivity index (χ2n) is 6.34. The minimum Gasteiger partial charge on any atom is -0.493 e. The van der Waals surface area contributed by atoms with E-state index >= 15 is 0 Å². The Balaban J connectivity index is 1.75. The Morgan fingerprint density at radius 3 is 2.19 bits per heavy atom. The van der Waals surface area contributed by atoms with Crippen LogP contribution in [0.1, 0.15) is 5.56 Å². The normalized spacial score (nSPS) is 15.6. The van der Waals surface area contributed by atoms with Gasteiger partial charge in [0.25, 0.3) is 0 Å². The number of nitrogens with zero attached hydrogens (tertiary/aromatic N) is 2. The van der Waals surface area contributed by atoms with Crippen LogP contribution in [0.3, 0.4) is 0 Å². The number of benzene rings is 2. The molecule has 1 fully saturated rings. The van der Waals surface area contributed by atoms with Gasteiger partial charge in [-0.2, -0.15) is 4.31 Å². The molecule has 2 aromatic carbocycles. The first kappa shape index (κ1) is 19.4. The Kier molecular flexibility index (Phi) is 5.57. The van der Waals surface area contributed by atoms with Crippen molar-refractivity contribution in [1.82, 2.24) is 4.31 Å². The second-order valence-corrected chi connectivity index (χ2v) is 8.25. The van der Waals surface area contributed by atoms with Gasteiger partial charge in [-0.1, -0.05) is 0 Å². The smallest absolute Gasteiger partial charge is 0.243 e. The van der Waals surface area contributed by atoms with Gasteiger partial charge in [0.1, 0.15) is 5.82 Å². The summed E-state index contributed by atoms with van der Waals surface area (Å²) < 4.78 is 51.1. The van der Waals surface area contributed by atoms with Gasteiger partial charge >= 0.3 is 0 Å². The summed E-state index contributed by atoms with van der Waals surface area (Å²) in [5, 5.41) is 0. The van der Waals surface area contributed by atoms with Crippen LogP contribution in [0.4, 0.5) is 10.1 Å². The number of hydrogen-bond donors (Lipinski definition) is 0. The van der Waals surface area contributed by atoms with Crippen LogP contribution in [0.2, 0.25) is 0 Å². The lowest BCUT2D eigenvalue weighted by Gasteiger charge is -2.35. The molecule has 0 amide bonds. The number of methoxy groups -OCH3 is 2. The molecule has 1 heterocycles. The van der Waals surface area contributed by atoms with Gasteiger partial charge < -0.3 is 14.4 Å². The van der Waals surface area contributed by atoms with E-state index in [9.17, 15) is 12.8 Å². The van der Waals surface area contributed by atoms with Crippen molar-refractivity contribution in [3.63, 3.8) is 0 Å². The minimum atomic E-state index is -3.64. The van der Waals surface area contributed by atoms with Crippen LogP contribution < -0.4 is 14.4 Å². The molecule has 0 bridgehead atoms. The fourth-order valence-corrected chi connectivity index (χ4v) is 4.88. The van der Waals surface area contributed by atoms with Gasteiger partial charge in [0, 0.05) is 37.9 Å². The van der Waals surface area contributed by atoms with Crippen LogP contribution in [0.5, 0.6) is 11.5 Å². The molecule has 8 heteroatoms. The summed E-state index contributed by atoms with van der Waals surface area (Å²) in [7, 11) is -0.481. The molecule has 0 spiro atoms. The minimum absolute atomic E-state index is 0.156. The van der Waals surface area contributed by atoms with Gasteiger partial charge in [0.05, 0.1) is 19.1 Å². The number of hydrogen-bond acceptors (Lipinski definition) is 5. The van der Waals surface area contributed by atoms with Crippen LogP contribution in [0, 0.1) is 12.7 Å². The highest BCUT2D eigenvalue weighted by molar-refractivity contribution is 7.89. The maximum atomic E-state index is 13.3. The van der Waals surface area contributed by atoms with Gasteiger partial charge in [0.15, 0.2) is 11.5 Å². The standard InChI is InChI=1S/C19H23FN2O4S/c1-14-12-15(20)4-7-19(14)27(23,24)22-10-8-21(9-11-22)16-5-6-17(25-2)18(13-16)26-3/h4-7,12-13H,8-11H2,1-3H3. The molecule has 1 aliphatic heterocycles. The van der Waals surface area contributed by atoms with Crippen molar-refractivity contribution in [3.8, 4) is 11.5 Å². The first-order valence-corrected chi connectivity index (χ1v) is 10.0. The first-order chi connectivity index (χ1) is 12.9. The van der Waals surface area contributed by atoms with E-state index in [4.69, 9.17) is 9.47 Å². The lowest BCUT2D eigenvalue weighted by molar-refractivity contribution is 0.354. The van der Waals surface area contributed by atoms with Gasteiger partial charge in [-0.3, -0.25) is 0 Å². The van der Waals surface area contributed by atoms with Crippen molar-refractivity contribution in [2.24, 2.45) is 0 Å². The molecule has 1 saturated heterocycles. The van der Waals surface area contributed by atoms with E-state index < -0.39 is 15.8 Å². The van der Waals surface area contributed by atoms with Gasteiger partial charge in [-0.25, -0.2) is 12.8 Å². The first-order valence-electron chi connectivity index (χ1n) is 8.60. The highest BCUT2D eigenvalue weighted by atomic mass is 32.2. The third-order valence-electron chi connectivity index (χ3n) is 4.73. The van der Waals surface area contributed by atoms with Crippen LogP contribution in [-0.2, 0) is 10.0 Å². The maximum absolute atomic E-state index is 13.3. The van der Waals surface area contributed by atoms with E-state index in [0.717, 1.165) is 5.69 Å². The third-order valence-corrected chi connectivity index (χ3v) is 6.78. The molecular weight excluding hydrogens is 371 g/mol. The summed E-state index contributed by atoms with van der Waals surface area (Å²) in [6.07, 6.45) is 0. The predicted octanol–water partition coefficient (Wildman–Crippen LogP) is 2.66. The Hall–Kier alpha value is -2.32. The topological polar surface area (TPSA) is 59.1 Å². The molecule has 146 valence electrons. The van der Waals surface area contributed by atoms with Crippen LogP contribution in [0.15, 0.2) is 41.3 Å². The highest BCUT2D eigenvalue weighted by Gasteiger charge is 2.30. The van der Waals surface area contributed by atoms with E-state index in [0.29, 0.717) is 43.2 Å². The third kappa shape index (κ3) is 3.86. The molecule has 6 nitrogen and oxygen atoms in total. The Morgan fingerprint density at radius 2 is 1.59 bits per heavy atom. The van der Waals surface area contributed by atoms with Gasteiger partial charge in [0.2, 0.25) is 10.0 Å². The quantitative estimate of drug-likeness (QED) is 0.780. The molecule has 1 aliphatic rings. The number of aryl methyl sites for hydroxylation is 1.